The van der Waals surface area contributed by atoms with Crippen molar-refractivity contribution in [3.63, 3.8) is 0 Å². The smallest absolute Gasteiger partial charge is 0.322 e. The van der Waals surface area contributed by atoms with Crippen LogP contribution in [0.3, 0.4) is 0 Å². The maximum absolute atomic E-state index is 13.0. The van der Waals surface area contributed by atoms with Crippen molar-refractivity contribution in [3.8, 4) is 0 Å². The molecule has 0 saturated carbocycles. The fourth-order valence-electron chi connectivity index (χ4n) is 1.48. The highest BCUT2D eigenvalue weighted by Gasteiger charge is 2.16. The van der Waals surface area contributed by atoms with Crippen LogP contribution >= 0.6 is 0 Å². The molecule has 0 aliphatic carbocycles. The van der Waals surface area contributed by atoms with Gasteiger partial charge in [-0.15, -0.1) is 0 Å². The number of esters is 1. The van der Waals surface area contributed by atoms with Gasteiger partial charge in [-0.1, -0.05) is 6.07 Å². The molecule has 0 bridgehead atoms. The summed E-state index contributed by atoms with van der Waals surface area (Å²) >= 11 is 0. The number of aliphatic hydroxyl groups excluding tert-OH is 1. The molecule has 0 spiro atoms. The summed E-state index contributed by atoms with van der Waals surface area (Å²) in [6, 6.07) is 2.58. The number of halogens is 2. The van der Waals surface area contributed by atoms with Crippen molar-refractivity contribution in [2.75, 3.05) is 13.2 Å². The first-order valence-electron chi connectivity index (χ1n) is 5.98. The minimum Gasteiger partial charge on any atom is -0.465 e. The van der Waals surface area contributed by atoms with E-state index in [-0.39, 0.29) is 18.7 Å². The lowest BCUT2D eigenvalue weighted by atomic mass is 10.1. The van der Waals surface area contributed by atoms with Crippen molar-refractivity contribution in [1.29, 1.82) is 0 Å². The van der Waals surface area contributed by atoms with Gasteiger partial charge in [0.15, 0.2) is 11.6 Å². The molecule has 6 heteroatoms. The fourth-order valence-corrected chi connectivity index (χ4v) is 1.48. The Labute approximate surface area is 110 Å². The number of rotatable bonds is 6. The summed E-state index contributed by atoms with van der Waals surface area (Å²) in [6.07, 6.45) is -1.04. The quantitative estimate of drug-likeness (QED) is 0.772. The Kier molecular flexibility index (Phi) is 5.85. The molecule has 19 heavy (non-hydrogen) atoms. The molecule has 0 fully saturated rings. The average molecular weight is 273 g/mol. The molecular weight excluding hydrogens is 256 g/mol. The number of hydrogen-bond donors (Lipinski definition) is 2. The van der Waals surface area contributed by atoms with Crippen LogP contribution in [-0.4, -0.2) is 30.3 Å². The second-order valence-electron chi connectivity index (χ2n) is 4.07. The van der Waals surface area contributed by atoms with Crippen LogP contribution in [-0.2, 0) is 9.53 Å². The van der Waals surface area contributed by atoms with E-state index in [0.717, 1.165) is 12.1 Å². The SMILES string of the molecule is CCOC(=O)C(C)NCC(O)c1ccc(F)c(F)c1. The molecule has 106 valence electrons. The normalized spacial score (nSPS) is 13.9. The minimum absolute atomic E-state index is 0.0328. The first-order chi connectivity index (χ1) is 8.95. The van der Waals surface area contributed by atoms with Crippen LogP contribution < -0.4 is 5.32 Å². The third kappa shape index (κ3) is 4.57. The highest BCUT2D eigenvalue weighted by molar-refractivity contribution is 5.75. The van der Waals surface area contributed by atoms with Gasteiger partial charge in [0.2, 0.25) is 0 Å². The Morgan fingerprint density at radius 2 is 2.11 bits per heavy atom. The van der Waals surface area contributed by atoms with Gasteiger partial charge < -0.3 is 15.2 Å². The summed E-state index contributed by atoms with van der Waals surface area (Å²) in [5, 5.41) is 12.6. The molecule has 2 unspecified atom stereocenters. The Morgan fingerprint density at radius 3 is 2.68 bits per heavy atom. The summed E-state index contributed by atoms with van der Waals surface area (Å²) in [5.74, 6) is -2.42. The first-order valence-corrected chi connectivity index (χ1v) is 5.98. The van der Waals surface area contributed by atoms with E-state index in [4.69, 9.17) is 4.74 Å². The van der Waals surface area contributed by atoms with E-state index in [9.17, 15) is 18.7 Å². The highest BCUT2D eigenvalue weighted by atomic mass is 19.2. The number of carbonyl (C=O) groups is 1. The Hall–Kier alpha value is -1.53. The van der Waals surface area contributed by atoms with Gasteiger partial charge in [0.25, 0.3) is 0 Å². The molecule has 2 N–H and O–H groups in total. The molecule has 0 saturated heterocycles. The van der Waals surface area contributed by atoms with Gasteiger partial charge >= 0.3 is 5.97 Å². The zero-order chi connectivity index (χ0) is 14.4. The van der Waals surface area contributed by atoms with Crippen molar-refractivity contribution in [1.82, 2.24) is 5.32 Å². The van der Waals surface area contributed by atoms with Crippen molar-refractivity contribution >= 4 is 5.97 Å². The van der Waals surface area contributed by atoms with Crippen LogP contribution in [0.4, 0.5) is 8.78 Å². The molecule has 0 amide bonds. The lowest BCUT2D eigenvalue weighted by Crippen LogP contribution is -2.37. The molecule has 1 aromatic rings. The number of nitrogens with one attached hydrogen (secondary N) is 1. The van der Waals surface area contributed by atoms with Crippen LogP contribution in [0.2, 0.25) is 0 Å². The molecule has 1 aromatic carbocycles. The maximum Gasteiger partial charge on any atom is 0.322 e. The van der Waals surface area contributed by atoms with Crippen molar-refractivity contribution in [2.45, 2.75) is 26.0 Å². The summed E-state index contributed by atoms with van der Waals surface area (Å²) in [6.45, 7) is 3.60. The number of ether oxygens (including phenoxy) is 1. The molecule has 4 nitrogen and oxygen atoms in total. The minimum atomic E-state index is -1.04. The van der Waals surface area contributed by atoms with Gasteiger partial charge in [0.1, 0.15) is 6.04 Å². The topological polar surface area (TPSA) is 58.6 Å². The van der Waals surface area contributed by atoms with E-state index in [0.29, 0.717) is 0 Å². The van der Waals surface area contributed by atoms with Gasteiger partial charge in [-0.2, -0.15) is 0 Å². The second kappa shape index (κ2) is 7.16. The van der Waals surface area contributed by atoms with Crippen LogP contribution in [0.5, 0.6) is 0 Å². The average Bonchev–Trinajstić information content (AvgIpc) is 2.39. The van der Waals surface area contributed by atoms with E-state index in [1.54, 1.807) is 13.8 Å². The Bertz CT molecular complexity index is 440. The maximum atomic E-state index is 13.0. The molecule has 0 aliphatic rings. The van der Waals surface area contributed by atoms with Crippen molar-refractivity contribution < 1.29 is 23.4 Å². The molecule has 0 radical (unpaired) electrons. The molecular formula is C13H17F2NO3. The van der Waals surface area contributed by atoms with Crippen molar-refractivity contribution in [3.05, 3.63) is 35.4 Å². The standard InChI is InChI=1S/C13H17F2NO3/c1-3-19-13(18)8(2)16-7-12(17)9-4-5-10(14)11(15)6-9/h4-6,8,12,16-17H,3,7H2,1-2H3. The predicted octanol–water partition coefficient (Wildman–Crippen LogP) is 1.54. The third-order valence-corrected chi connectivity index (χ3v) is 2.59. The third-order valence-electron chi connectivity index (χ3n) is 2.59. The molecule has 0 aliphatic heterocycles. The van der Waals surface area contributed by atoms with Gasteiger partial charge in [0.05, 0.1) is 12.7 Å². The van der Waals surface area contributed by atoms with E-state index < -0.39 is 29.7 Å². The fraction of sp³-hybridized carbons (Fsp3) is 0.462. The number of carbonyl (C=O) groups excluding carboxylic acids is 1. The summed E-state index contributed by atoms with van der Waals surface area (Å²) in [5.41, 5.74) is 0.238. The summed E-state index contributed by atoms with van der Waals surface area (Å²) < 4.78 is 30.5. The largest absolute Gasteiger partial charge is 0.465 e. The van der Waals surface area contributed by atoms with Crippen LogP contribution in [0.25, 0.3) is 0 Å². The van der Waals surface area contributed by atoms with Crippen LogP contribution in [0, 0.1) is 11.6 Å². The lowest BCUT2D eigenvalue weighted by molar-refractivity contribution is -0.145. The van der Waals surface area contributed by atoms with Gasteiger partial charge in [-0.3, -0.25) is 4.79 Å². The van der Waals surface area contributed by atoms with E-state index >= 15 is 0 Å². The lowest BCUT2D eigenvalue weighted by Gasteiger charge is -2.16. The van der Waals surface area contributed by atoms with E-state index in [1.807, 2.05) is 0 Å². The van der Waals surface area contributed by atoms with E-state index in [1.165, 1.54) is 6.07 Å². The summed E-state index contributed by atoms with van der Waals surface area (Å²) in [4.78, 5) is 11.3. The van der Waals surface area contributed by atoms with Gasteiger partial charge in [-0.05, 0) is 31.5 Å². The number of aliphatic hydroxyl groups is 1. The first kappa shape index (κ1) is 15.5. The molecule has 1 rings (SSSR count). The van der Waals surface area contributed by atoms with Gasteiger partial charge in [-0.25, -0.2) is 8.78 Å². The zero-order valence-corrected chi connectivity index (χ0v) is 10.8. The van der Waals surface area contributed by atoms with E-state index in [2.05, 4.69) is 5.32 Å². The number of benzene rings is 1. The van der Waals surface area contributed by atoms with Crippen LogP contribution in [0.15, 0.2) is 18.2 Å². The predicted molar refractivity (Wildman–Crippen MR) is 65.4 cm³/mol. The number of hydrogen-bond acceptors (Lipinski definition) is 4. The Morgan fingerprint density at radius 1 is 1.42 bits per heavy atom. The highest BCUT2D eigenvalue weighted by Crippen LogP contribution is 2.15. The molecule has 0 aromatic heterocycles. The zero-order valence-electron chi connectivity index (χ0n) is 10.8. The molecule has 2 atom stereocenters. The molecule has 0 heterocycles. The Balaban J connectivity index is 2.53. The monoisotopic (exact) mass is 273 g/mol. The summed E-state index contributed by atoms with van der Waals surface area (Å²) in [7, 11) is 0. The van der Waals surface area contributed by atoms with Crippen molar-refractivity contribution in [2.24, 2.45) is 0 Å². The second-order valence-corrected chi connectivity index (χ2v) is 4.07. The van der Waals surface area contributed by atoms with Crippen LogP contribution in [0.1, 0.15) is 25.5 Å². The van der Waals surface area contributed by atoms with Gasteiger partial charge in [0, 0.05) is 6.54 Å².